The Morgan fingerprint density at radius 3 is 2.21 bits per heavy atom. The van der Waals surface area contributed by atoms with Gasteiger partial charge < -0.3 is 5.32 Å². The van der Waals surface area contributed by atoms with Crippen LogP contribution in [-0.4, -0.2) is 23.5 Å². The number of carbonyl (C=O) groups excluding carboxylic acids is 1. The van der Waals surface area contributed by atoms with Crippen LogP contribution in [-0.2, 0) is 10.5 Å². The third-order valence-electron chi connectivity index (χ3n) is 3.64. The van der Waals surface area contributed by atoms with Crippen LogP contribution in [0, 0.1) is 13.8 Å². The SMILES string of the molecule is Cc1ccc(CSCCNC(=O)[C@@H](C)Sc2ccc(C)cc2)cc1. The van der Waals surface area contributed by atoms with Crippen molar-refractivity contribution < 1.29 is 4.79 Å². The molecule has 2 aromatic carbocycles. The van der Waals surface area contributed by atoms with Gasteiger partial charge in [0.15, 0.2) is 0 Å². The molecule has 0 aliphatic carbocycles. The number of hydrogen-bond donors (Lipinski definition) is 1. The van der Waals surface area contributed by atoms with Crippen LogP contribution in [0.25, 0.3) is 0 Å². The molecule has 0 unspecified atom stereocenters. The Morgan fingerprint density at radius 1 is 1.00 bits per heavy atom. The van der Waals surface area contributed by atoms with Gasteiger partial charge >= 0.3 is 0 Å². The van der Waals surface area contributed by atoms with E-state index in [9.17, 15) is 4.79 Å². The molecule has 0 radical (unpaired) electrons. The normalized spacial score (nSPS) is 12.0. The minimum absolute atomic E-state index is 0.0743. The van der Waals surface area contributed by atoms with E-state index in [4.69, 9.17) is 0 Å². The molecule has 1 amide bonds. The summed E-state index contributed by atoms with van der Waals surface area (Å²) in [6.07, 6.45) is 0. The Labute approximate surface area is 153 Å². The van der Waals surface area contributed by atoms with Crippen LogP contribution in [0.5, 0.6) is 0 Å². The Morgan fingerprint density at radius 2 is 1.58 bits per heavy atom. The minimum Gasteiger partial charge on any atom is -0.354 e. The molecule has 128 valence electrons. The Bertz CT molecular complexity index is 638. The number of aryl methyl sites for hydroxylation is 2. The molecular formula is C20H25NOS2. The van der Waals surface area contributed by atoms with E-state index in [1.807, 2.05) is 18.7 Å². The van der Waals surface area contributed by atoms with Crippen molar-refractivity contribution in [2.24, 2.45) is 0 Å². The molecule has 1 atom stereocenters. The zero-order valence-corrected chi connectivity index (χ0v) is 16.2. The molecule has 0 spiro atoms. The summed E-state index contributed by atoms with van der Waals surface area (Å²) in [6.45, 7) is 6.84. The van der Waals surface area contributed by atoms with Crippen LogP contribution < -0.4 is 5.32 Å². The van der Waals surface area contributed by atoms with Gasteiger partial charge in [0.2, 0.25) is 5.91 Å². The van der Waals surface area contributed by atoms with Gasteiger partial charge in [0, 0.05) is 22.9 Å². The van der Waals surface area contributed by atoms with Gasteiger partial charge in [-0.2, -0.15) is 11.8 Å². The number of rotatable bonds is 8. The average molecular weight is 360 g/mol. The fourth-order valence-electron chi connectivity index (χ4n) is 2.14. The van der Waals surface area contributed by atoms with E-state index in [-0.39, 0.29) is 11.2 Å². The summed E-state index contributed by atoms with van der Waals surface area (Å²) >= 11 is 3.45. The van der Waals surface area contributed by atoms with Crippen LogP contribution in [0.15, 0.2) is 53.4 Å². The maximum atomic E-state index is 12.1. The molecule has 1 N–H and O–H groups in total. The summed E-state index contributed by atoms with van der Waals surface area (Å²) in [5, 5.41) is 2.95. The third kappa shape index (κ3) is 6.62. The molecule has 2 nitrogen and oxygen atoms in total. The van der Waals surface area contributed by atoms with Crippen molar-refractivity contribution >= 4 is 29.4 Å². The fraction of sp³-hybridized carbons (Fsp3) is 0.350. The van der Waals surface area contributed by atoms with Gasteiger partial charge in [-0.3, -0.25) is 4.79 Å². The zero-order chi connectivity index (χ0) is 17.4. The average Bonchev–Trinajstić information content (AvgIpc) is 2.58. The molecule has 0 aromatic heterocycles. The Kier molecular flexibility index (Phi) is 7.73. The van der Waals surface area contributed by atoms with E-state index >= 15 is 0 Å². The first-order chi connectivity index (χ1) is 11.5. The molecule has 2 rings (SSSR count). The van der Waals surface area contributed by atoms with Crippen molar-refractivity contribution in [3.63, 3.8) is 0 Å². The van der Waals surface area contributed by atoms with Crippen molar-refractivity contribution in [3.05, 3.63) is 65.2 Å². The monoisotopic (exact) mass is 359 g/mol. The number of nitrogens with one attached hydrogen (secondary N) is 1. The number of thioether (sulfide) groups is 2. The summed E-state index contributed by atoms with van der Waals surface area (Å²) < 4.78 is 0. The number of amides is 1. The molecule has 0 saturated heterocycles. The molecular weight excluding hydrogens is 334 g/mol. The highest BCUT2D eigenvalue weighted by Gasteiger charge is 2.13. The molecule has 0 bridgehead atoms. The molecule has 2 aromatic rings. The number of benzene rings is 2. The van der Waals surface area contributed by atoms with E-state index in [0.29, 0.717) is 6.54 Å². The predicted octanol–water partition coefficient (Wildman–Crippen LogP) is 4.83. The maximum absolute atomic E-state index is 12.1. The number of carbonyl (C=O) groups is 1. The molecule has 4 heteroatoms. The zero-order valence-electron chi connectivity index (χ0n) is 14.5. The van der Waals surface area contributed by atoms with E-state index < -0.39 is 0 Å². The van der Waals surface area contributed by atoms with Gasteiger partial charge in [-0.1, -0.05) is 47.5 Å². The molecule has 0 saturated carbocycles. The highest BCUT2D eigenvalue weighted by Crippen LogP contribution is 2.23. The van der Waals surface area contributed by atoms with Crippen LogP contribution in [0.3, 0.4) is 0 Å². The van der Waals surface area contributed by atoms with Gasteiger partial charge in [-0.25, -0.2) is 0 Å². The summed E-state index contributed by atoms with van der Waals surface area (Å²) in [6, 6.07) is 16.9. The lowest BCUT2D eigenvalue weighted by Crippen LogP contribution is -2.32. The van der Waals surface area contributed by atoms with Gasteiger partial charge in [0.1, 0.15) is 0 Å². The fourth-order valence-corrected chi connectivity index (χ4v) is 3.85. The Balaban J connectivity index is 1.63. The first-order valence-electron chi connectivity index (χ1n) is 8.19. The van der Waals surface area contributed by atoms with Crippen molar-refractivity contribution in [1.29, 1.82) is 0 Å². The van der Waals surface area contributed by atoms with Crippen LogP contribution in [0.4, 0.5) is 0 Å². The lowest BCUT2D eigenvalue weighted by atomic mass is 10.2. The summed E-state index contributed by atoms with van der Waals surface area (Å²) in [5.41, 5.74) is 3.86. The predicted molar refractivity (Wildman–Crippen MR) is 107 cm³/mol. The second kappa shape index (κ2) is 9.80. The first kappa shape index (κ1) is 18.9. The summed E-state index contributed by atoms with van der Waals surface area (Å²) in [7, 11) is 0. The van der Waals surface area contributed by atoms with Crippen molar-refractivity contribution in [3.8, 4) is 0 Å². The van der Waals surface area contributed by atoms with Crippen molar-refractivity contribution in [2.75, 3.05) is 12.3 Å². The topological polar surface area (TPSA) is 29.1 Å². The summed E-state index contributed by atoms with van der Waals surface area (Å²) in [5.74, 6) is 2.03. The molecule has 24 heavy (non-hydrogen) atoms. The minimum atomic E-state index is -0.0743. The van der Waals surface area contributed by atoms with E-state index in [2.05, 4.69) is 67.7 Å². The molecule has 0 aliphatic heterocycles. The van der Waals surface area contributed by atoms with Gasteiger partial charge in [-0.15, -0.1) is 11.8 Å². The van der Waals surface area contributed by atoms with Crippen LogP contribution in [0.2, 0.25) is 0 Å². The van der Waals surface area contributed by atoms with Gasteiger partial charge in [0.25, 0.3) is 0 Å². The molecule has 0 heterocycles. The van der Waals surface area contributed by atoms with Crippen molar-refractivity contribution in [2.45, 2.75) is 36.7 Å². The van der Waals surface area contributed by atoms with E-state index in [0.717, 1.165) is 16.4 Å². The largest absolute Gasteiger partial charge is 0.354 e. The standard InChI is InChI=1S/C20H25NOS2/c1-15-4-8-18(9-5-15)14-23-13-12-21-20(22)17(3)24-19-10-6-16(2)7-11-19/h4-11,17H,12-14H2,1-3H3,(H,21,22)/t17-/m1/s1. The van der Waals surface area contributed by atoms with E-state index in [1.165, 1.54) is 16.7 Å². The molecule has 0 aliphatic rings. The van der Waals surface area contributed by atoms with Crippen molar-refractivity contribution in [1.82, 2.24) is 5.32 Å². The quantitative estimate of drug-likeness (QED) is 0.540. The first-order valence-corrected chi connectivity index (χ1v) is 10.2. The lowest BCUT2D eigenvalue weighted by Gasteiger charge is -2.12. The molecule has 0 fully saturated rings. The number of hydrogen-bond acceptors (Lipinski definition) is 3. The van der Waals surface area contributed by atoms with Crippen LogP contribution >= 0.6 is 23.5 Å². The maximum Gasteiger partial charge on any atom is 0.233 e. The second-order valence-corrected chi connectivity index (χ2v) is 8.42. The highest BCUT2D eigenvalue weighted by atomic mass is 32.2. The Hall–Kier alpha value is -1.39. The third-order valence-corrected chi connectivity index (χ3v) is 5.78. The van der Waals surface area contributed by atoms with Crippen LogP contribution in [0.1, 0.15) is 23.6 Å². The van der Waals surface area contributed by atoms with Gasteiger partial charge in [-0.05, 0) is 38.5 Å². The highest BCUT2D eigenvalue weighted by molar-refractivity contribution is 8.00. The lowest BCUT2D eigenvalue weighted by molar-refractivity contribution is -0.120. The second-order valence-electron chi connectivity index (χ2n) is 5.90. The van der Waals surface area contributed by atoms with Gasteiger partial charge in [0.05, 0.1) is 5.25 Å². The smallest absolute Gasteiger partial charge is 0.233 e. The van der Waals surface area contributed by atoms with E-state index in [1.54, 1.807) is 11.8 Å². The summed E-state index contributed by atoms with van der Waals surface area (Å²) in [4.78, 5) is 13.3.